The highest BCUT2D eigenvalue weighted by Crippen LogP contribution is 2.26. The van der Waals surface area contributed by atoms with Crippen LogP contribution < -0.4 is 0 Å². The SMILES string of the molecule is CCN(CC)C1CCN(S(=O)(=O)c2c(Br)nnn2C)C1. The third-order valence-corrected chi connectivity index (χ3v) is 6.53. The minimum Gasteiger partial charge on any atom is -0.300 e. The van der Waals surface area contributed by atoms with Crippen molar-refractivity contribution < 1.29 is 8.42 Å². The molecule has 2 heterocycles. The van der Waals surface area contributed by atoms with E-state index in [2.05, 4.69) is 45.0 Å². The molecule has 1 aromatic heterocycles. The smallest absolute Gasteiger partial charge is 0.263 e. The summed E-state index contributed by atoms with van der Waals surface area (Å²) >= 11 is 3.16. The van der Waals surface area contributed by atoms with Crippen molar-refractivity contribution in [2.75, 3.05) is 26.2 Å². The molecule has 0 aliphatic carbocycles. The van der Waals surface area contributed by atoms with Gasteiger partial charge in [0.15, 0.2) is 4.60 Å². The van der Waals surface area contributed by atoms with E-state index in [0.29, 0.717) is 19.1 Å². The molecule has 1 fully saturated rings. The third kappa shape index (κ3) is 2.76. The zero-order valence-corrected chi connectivity index (χ0v) is 14.4. The summed E-state index contributed by atoms with van der Waals surface area (Å²) in [4.78, 5) is 2.30. The molecule has 0 N–H and O–H groups in total. The van der Waals surface area contributed by atoms with Crippen LogP contribution in [-0.4, -0.2) is 64.8 Å². The second kappa shape index (κ2) is 6.08. The highest BCUT2D eigenvalue weighted by Gasteiger charge is 2.37. The van der Waals surface area contributed by atoms with Crippen LogP contribution in [0.2, 0.25) is 0 Å². The van der Waals surface area contributed by atoms with E-state index < -0.39 is 10.0 Å². The van der Waals surface area contributed by atoms with Crippen LogP contribution in [0.1, 0.15) is 20.3 Å². The van der Waals surface area contributed by atoms with Crippen molar-refractivity contribution in [3.8, 4) is 0 Å². The van der Waals surface area contributed by atoms with Gasteiger partial charge in [0.05, 0.1) is 0 Å². The van der Waals surface area contributed by atoms with Crippen LogP contribution in [0, 0.1) is 0 Å². The molecular formula is C11H20BrN5O2S. The molecule has 0 radical (unpaired) electrons. The number of hydrogen-bond acceptors (Lipinski definition) is 5. The highest BCUT2D eigenvalue weighted by atomic mass is 79.9. The highest BCUT2D eigenvalue weighted by molar-refractivity contribution is 9.10. The topological polar surface area (TPSA) is 71.3 Å². The van der Waals surface area contributed by atoms with Gasteiger partial charge in [-0.3, -0.25) is 4.90 Å². The van der Waals surface area contributed by atoms with Gasteiger partial charge in [0.2, 0.25) is 5.03 Å². The first-order chi connectivity index (χ1) is 9.41. The van der Waals surface area contributed by atoms with E-state index in [9.17, 15) is 8.42 Å². The molecule has 20 heavy (non-hydrogen) atoms. The molecule has 1 aliphatic heterocycles. The molecule has 114 valence electrons. The van der Waals surface area contributed by atoms with Crippen molar-refractivity contribution >= 4 is 26.0 Å². The molecular weight excluding hydrogens is 346 g/mol. The van der Waals surface area contributed by atoms with Gasteiger partial charge in [-0.1, -0.05) is 19.1 Å². The maximum atomic E-state index is 12.7. The fourth-order valence-corrected chi connectivity index (χ4v) is 5.21. The Balaban J connectivity index is 2.21. The van der Waals surface area contributed by atoms with Gasteiger partial charge in [-0.2, -0.15) is 4.31 Å². The first-order valence-corrected chi connectivity index (χ1v) is 8.94. The minimum atomic E-state index is -3.54. The normalized spacial score (nSPS) is 20.9. The average Bonchev–Trinajstić information content (AvgIpc) is 2.99. The summed E-state index contributed by atoms with van der Waals surface area (Å²) in [5.74, 6) is 0. The van der Waals surface area contributed by atoms with Crippen LogP contribution >= 0.6 is 15.9 Å². The number of rotatable bonds is 5. The Morgan fingerprint density at radius 2 is 2.05 bits per heavy atom. The molecule has 0 spiro atoms. The van der Waals surface area contributed by atoms with Crippen LogP contribution in [0.4, 0.5) is 0 Å². The van der Waals surface area contributed by atoms with Crippen molar-refractivity contribution in [1.29, 1.82) is 0 Å². The van der Waals surface area contributed by atoms with E-state index in [0.717, 1.165) is 19.5 Å². The Morgan fingerprint density at radius 1 is 1.40 bits per heavy atom. The summed E-state index contributed by atoms with van der Waals surface area (Å²) in [6, 6.07) is 0.291. The van der Waals surface area contributed by atoms with Gasteiger partial charge < -0.3 is 0 Å². The Bertz CT molecular complexity index is 550. The molecule has 1 saturated heterocycles. The lowest BCUT2D eigenvalue weighted by Gasteiger charge is -2.26. The van der Waals surface area contributed by atoms with E-state index in [1.54, 1.807) is 7.05 Å². The molecule has 0 aromatic carbocycles. The van der Waals surface area contributed by atoms with E-state index in [4.69, 9.17) is 0 Å². The van der Waals surface area contributed by atoms with Gasteiger partial charge in [0.1, 0.15) is 0 Å². The maximum absolute atomic E-state index is 12.7. The van der Waals surface area contributed by atoms with Crippen molar-refractivity contribution in [3.05, 3.63) is 4.60 Å². The Kier molecular flexibility index (Phi) is 4.83. The summed E-state index contributed by atoms with van der Waals surface area (Å²) in [5.41, 5.74) is 0. The summed E-state index contributed by atoms with van der Waals surface area (Å²) in [5, 5.41) is 7.62. The summed E-state index contributed by atoms with van der Waals surface area (Å²) < 4.78 is 28.4. The van der Waals surface area contributed by atoms with Crippen LogP contribution in [0.25, 0.3) is 0 Å². The molecule has 1 aliphatic rings. The quantitative estimate of drug-likeness (QED) is 0.767. The monoisotopic (exact) mass is 365 g/mol. The molecule has 0 saturated carbocycles. The van der Waals surface area contributed by atoms with Crippen LogP contribution in [0.5, 0.6) is 0 Å². The third-order valence-electron chi connectivity index (χ3n) is 3.78. The van der Waals surface area contributed by atoms with Gasteiger partial charge in [-0.05, 0) is 35.4 Å². The van der Waals surface area contributed by atoms with E-state index in [1.165, 1.54) is 8.99 Å². The van der Waals surface area contributed by atoms with Gasteiger partial charge in [0.25, 0.3) is 10.0 Å². The largest absolute Gasteiger partial charge is 0.300 e. The van der Waals surface area contributed by atoms with Crippen molar-refractivity contribution in [3.63, 3.8) is 0 Å². The van der Waals surface area contributed by atoms with Crippen molar-refractivity contribution in [2.45, 2.75) is 31.3 Å². The average molecular weight is 366 g/mol. The van der Waals surface area contributed by atoms with E-state index in [1.807, 2.05) is 0 Å². The predicted octanol–water partition coefficient (Wildman–Crippen LogP) is 0.682. The zero-order chi connectivity index (χ0) is 14.9. The second-order valence-corrected chi connectivity index (χ2v) is 7.44. The molecule has 0 amide bonds. The van der Waals surface area contributed by atoms with Crippen LogP contribution in [0.15, 0.2) is 9.63 Å². The van der Waals surface area contributed by atoms with Crippen LogP contribution in [-0.2, 0) is 17.1 Å². The Morgan fingerprint density at radius 3 is 2.55 bits per heavy atom. The van der Waals surface area contributed by atoms with Gasteiger partial charge in [-0.25, -0.2) is 13.1 Å². The van der Waals surface area contributed by atoms with Gasteiger partial charge in [0, 0.05) is 26.2 Å². The number of halogens is 1. The summed E-state index contributed by atoms with van der Waals surface area (Å²) in [6.07, 6.45) is 0.865. The second-order valence-electron chi connectivity index (χ2n) is 4.84. The maximum Gasteiger partial charge on any atom is 0.263 e. The summed E-state index contributed by atoms with van der Waals surface area (Å²) in [6.45, 7) is 7.14. The number of aromatic nitrogens is 3. The first kappa shape index (κ1) is 15.9. The zero-order valence-electron chi connectivity index (χ0n) is 12.0. The molecule has 1 unspecified atom stereocenters. The van der Waals surface area contributed by atoms with Gasteiger partial charge in [-0.15, -0.1) is 5.10 Å². The van der Waals surface area contributed by atoms with Crippen LogP contribution in [0.3, 0.4) is 0 Å². The number of aryl methyl sites for hydroxylation is 1. The fourth-order valence-electron chi connectivity index (χ4n) is 2.69. The Hall–Kier alpha value is -0.510. The number of nitrogens with zero attached hydrogens (tertiary/aromatic N) is 5. The standard InChI is InChI=1S/C11H20BrN5O2S/c1-4-16(5-2)9-6-7-17(8-9)20(18,19)11-10(12)13-14-15(11)3/h9H,4-8H2,1-3H3. The minimum absolute atomic E-state index is 0.123. The first-order valence-electron chi connectivity index (χ1n) is 6.71. The summed E-state index contributed by atoms with van der Waals surface area (Å²) in [7, 11) is -1.96. The molecule has 1 aromatic rings. The molecule has 1 atom stereocenters. The lowest BCUT2D eigenvalue weighted by molar-refractivity contribution is 0.224. The van der Waals surface area contributed by atoms with Crippen molar-refractivity contribution in [2.24, 2.45) is 7.05 Å². The Labute approximate surface area is 128 Å². The number of sulfonamides is 1. The molecule has 7 nitrogen and oxygen atoms in total. The lowest BCUT2D eigenvalue weighted by Crippen LogP contribution is -2.39. The van der Waals surface area contributed by atoms with E-state index in [-0.39, 0.29) is 9.63 Å². The van der Waals surface area contributed by atoms with Crippen molar-refractivity contribution in [1.82, 2.24) is 24.2 Å². The number of hydrogen-bond donors (Lipinski definition) is 0. The predicted molar refractivity (Wildman–Crippen MR) is 78.8 cm³/mol. The van der Waals surface area contributed by atoms with Gasteiger partial charge >= 0.3 is 0 Å². The molecule has 2 rings (SSSR count). The lowest BCUT2D eigenvalue weighted by atomic mass is 10.2. The fraction of sp³-hybridized carbons (Fsp3) is 0.818. The molecule has 0 bridgehead atoms. The van der Waals surface area contributed by atoms with E-state index >= 15 is 0 Å². The molecule has 9 heteroatoms. The number of likely N-dealkylation sites (N-methyl/N-ethyl adjacent to an activating group) is 1.